The van der Waals surface area contributed by atoms with Crippen molar-refractivity contribution in [2.45, 2.75) is 6.29 Å². The van der Waals surface area contributed by atoms with Gasteiger partial charge in [-0.1, -0.05) is 12.1 Å². The van der Waals surface area contributed by atoms with Crippen molar-refractivity contribution in [3.63, 3.8) is 0 Å². The molecule has 1 heterocycles. The summed E-state index contributed by atoms with van der Waals surface area (Å²) in [5.74, 6) is -0.368. The number of oxazole rings is 1. The maximum Gasteiger partial charge on any atom is 0.307 e. The van der Waals surface area contributed by atoms with Crippen LogP contribution in [0.5, 0.6) is 0 Å². The molecule has 0 unspecified atom stereocenters. The third-order valence-electron chi connectivity index (χ3n) is 2.44. The molecule has 0 bridgehead atoms. The van der Waals surface area contributed by atoms with Crippen LogP contribution in [0.2, 0.25) is 0 Å². The van der Waals surface area contributed by atoms with E-state index < -0.39 is 12.2 Å². The van der Waals surface area contributed by atoms with Gasteiger partial charge in [0.1, 0.15) is 5.52 Å². The van der Waals surface area contributed by atoms with E-state index in [0.29, 0.717) is 11.1 Å². The lowest BCUT2D eigenvalue weighted by Crippen LogP contribution is -2.34. The topological polar surface area (TPSA) is 73.6 Å². The van der Waals surface area contributed by atoms with Crippen molar-refractivity contribution in [2.24, 2.45) is 0 Å². The molecule has 96 valence electrons. The first-order valence-corrected chi connectivity index (χ1v) is 5.44. The number of amides is 1. The van der Waals surface area contributed by atoms with Gasteiger partial charge in [0, 0.05) is 14.2 Å². The maximum absolute atomic E-state index is 11.8. The Hall–Kier alpha value is -1.92. The van der Waals surface area contributed by atoms with Crippen LogP contribution in [0.4, 0.5) is 0 Å². The summed E-state index contributed by atoms with van der Waals surface area (Å²) in [6.07, 6.45) is -0.488. The SMILES string of the molecule is COC(CNC(=O)c1nc2ccccc2o1)OC. The Morgan fingerprint density at radius 1 is 1.39 bits per heavy atom. The first-order chi connectivity index (χ1) is 8.74. The van der Waals surface area contributed by atoms with Gasteiger partial charge in [-0.05, 0) is 12.1 Å². The van der Waals surface area contributed by atoms with Crippen LogP contribution in [-0.2, 0) is 9.47 Å². The Kier molecular flexibility index (Phi) is 3.91. The molecule has 0 radical (unpaired) electrons. The first-order valence-electron chi connectivity index (χ1n) is 5.44. The third kappa shape index (κ3) is 2.66. The molecule has 1 N–H and O–H groups in total. The summed E-state index contributed by atoms with van der Waals surface area (Å²) in [6.45, 7) is 0.227. The highest BCUT2D eigenvalue weighted by Gasteiger charge is 2.15. The fraction of sp³-hybridized carbons (Fsp3) is 0.333. The zero-order valence-electron chi connectivity index (χ0n) is 10.2. The quantitative estimate of drug-likeness (QED) is 0.806. The summed E-state index contributed by atoms with van der Waals surface area (Å²) >= 11 is 0. The second-order valence-electron chi connectivity index (χ2n) is 3.60. The summed E-state index contributed by atoms with van der Waals surface area (Å²) in [5.41, 5.74) is 1.23. The second-order valence-corrected chi connectivity index (χ2v) is 3.60. The number of ether oxygens (including phenoxy) is 2. The number of para-hydroxylation sites is 2. The average molecular weight is 250 g/mol. The van der Waals surface area contributed by atoms with Crippen molar-refractivity contribution in [2.75, 3.05) is 20.8 Å². The number of nitrogens with zero attached hydrogens (tertiary/aromatic N) is 1. The predicted molar refractivity (Wildman–Crippen MR) is 64.1 cm³/mol. The molecule has 0 atom stereocenters. The van der Waals surface area contributed by atoms with Gasteiger partial charge in [0.2, 0.25) is 0 Å². The number of methoxy groups -OCH3 is 2. The number of rotatable bonds is 5. The number of fused-ring (bicyclic) bond motifs is 1. The highest BCUT2D eigenvalue weighted by atomic mass is 16.7. The number of hydrogen-bond donors (Lipinski definition) is 1. The fourth-order valence-corrected chi connectivity index (χ4v) is 1.48. The molecule has 2 rings (SSSR count). The number of carbonyl (C=O) groups excluding carboxylic acids is 1. The van der Waals surface area contributed by atoms with Gasteiger partial charge in [0.15, 0.2) is 11.9 Å². The van der Waals surface area contributed by atoms with E-state index in [9.17, 15) is 4.79 Å². The Labute approximate surface area is 104 Å². The molecule has 0 saturated heterocycles. The van der Waals surface area contributed by atoms with Crippen LogP contribution >= 0.6 is 0 Å². The molecule has 1 aromatic heterocycles. The third-order valence-corrected chi connectivity index (χ3v) is 2.44. The van der Waals surface area contributed by atoms with E-state index in [1.165, 1.54) is 14.2 Å². The Morgan fingerprint density at radius 3 is 2.78 bits per heavy atom. The monoisotopic (exact) mass is 250 g/mol. The number of nitrogens with one attached hydrogen (secondary N) is 1. The summed E-state index contributed by atoms with van der Waals surface area (Å²) in [4.78, 5) is 15.9. The van der Waals surface area contributed by atoms with Crippen LogP contribution in [0.25, 0.3) is 11.1 Å². The standard InChI is InChI=1S/C12H14N2O4/c1-16-10(17-2)7-13-11(15)12-14-8-5-3-4-6-9(8)18-12/h3-6,10H,7H2,1-2H3,(H,13,15). The smallest absolute Gasteiger partial charge is 0.307 e. The molecule has 0 spiro atoms. The summed E-state index contributed by atoms with van der Waals surface area (Å²) in [7, 11) is 3.00. The normalized spacial score (nSPS) is 11.1. The van der Waals surface area contributed by atoms with Crippen molar-refractivity contribution in [3.05, 3.63) is 30.2 Å². The van der Waals surface area contributed by atoms with Crippen molar-refractivity contribution >= 4 is 17.0 Å². The van der Waals surface area contributed by atoms with Gasteiger partial charge in [-0.15, -0.1) is 0 Å². The van der Waals surface area contributed by atoms with E-state index in [1.54, 1.807) is 12.1 Å². The zero-order chi connectivity index (χ0) is 13.0. The minimum atomic E-state index is -0.488. The number of benzene rings is 1. The van der Waals surface area contributed by atoms with E-state index in [4.69, 9.17) is 13.9 Å². The molecule has 1 aromatic carbocycles. The van der Waals surface area contributed by atoms with Crippen molar-refractivity contribution in [1.82, 2.24) is 10.3 Å². The van der Waals surface area contributed by atoms with E-state index in [-0.39, 0.29) is 12.4 Å². The Morgan fingerprint density at radius 2 is 2.11 bits per heavy atom. The highest BCUT2D eigenvalue weighted by molar-refractivity contribution is 5.92. The summed E-state index contributed by atoms with van der Waals surface area (Å²) < 4.78 is 15.2. The van der Waals surface area contributed by atoms with Crippen molar-refractivity contribution in [3.8, 4) is 0 Å². The molecule has 0 aliphatic carbocycles. The van der Waals surface area contributed by atoms with Crippen LogP contribution in [0.15, 0.2) is 28.7 Å². The molecule has 2 aromatic rings. The maximum atomic E-state index is 11.8. The van der Waals surface area contributed by atoms with Crippen molar-refractivity contribution < 1.29 is 18.7 Å². The molecule has 1 amide bonds. The van der Waals surface area contributed by atoms with Gasteiger partial charge >= 0.3 is 5.91 Å². The van der Waals surface area contributed by atoms with E-state index in [0.717, 1.165) is 0 Å². The molecule has 6 nitrogen and oxygen atoms in total. The highest BCUT2D eigenvalue weighted by Crippen LogP contribution is 2.14. The van der Waals surface area contributed by atoms with Crippen LogP contribution in [0.1, 0.15) is 10.7 Å². The lowest BCUT2D eigenvalue weighted by atomic mass is 10.3. The van der Waals surface area contributed by atoms with Crippen LogP contribution in [-0.4, -0.2) is 37.9 Å². The van der Waals surface area contributed by atoms with Gasteiger partial charge in [0.25, 0.3) is 5.89 Å². The average Bonchev–Trinajstić information content (AvgIpc) is 2.83. The minimum absolute atomic E-state index is 0.0298. The predicted octanol–water partition coefficient (Wildman–Crippen LogP) is 1.18. The van der Waals surface area contributed by atoms with Crippen LogP contribution in [0, 0.1) is 0 Å². The second kappa shape index (κ2) is 5.61. The van der Waals surface area contributed by atoms with Gasteiger partial charge in [0.05, 0.1) is 6.54 Å². The molecule has 0 aliphatic heterocycles. The number of hydrogen-bond acceptors (Lipinski definition) is 5. The molecule has 18 heavy (non-hydrogen) atoms. The molecule has 0 fully saturated rings. The zero-order valence-corrected chi connectivity index (χ0v) is 10.2. The van der Waals surface area contributed by atoms with Gasteiger partial charge in [-0.3, -0.25) is 4.79 Å². The van der Waals surface area contributed by atoms with E-state index in [2.05, 4.69) is 10.3 Å². The lowest BCUT2D eigenvalue weighted by Gasteiger charge is -2.12. The fourth-order valence-electron chi connectivity index (χ4n) is 1.48. The number of carbonyl (C=O) groups is 1. The molecular weight excluding hydrogens is 236 g/mol. The molecule has 6 heteroatoms. The van der Waals surface area contributed by atoms with Crippen LogP contribution < -0.4 is 5.32 Å². The molecular formula is C12H14N2O4. The Balaban J connectivity index is 2.04. The van der Waals surface area contributed by atoms with E-state index >= 15 is 0 Å². The minimum Gasteiger partial charge on any atom is -0.432 e. The lowest BCUT2D eigenvalue weighted by molar-refractivity contribution is -0.0975. The van der Waals surface area contributed by atoms with Crippen LogP contribution in [0.3, 0.4) is 0 Å². The van der Waals surface area contributed by atoms with Gasteiger partial charge in [-0.2, -0.15) is 0 Å². The number of aromatic nitrogens is 1. The molecule has 0 saturated carbocycles. The largest absolute Gasteiger partial charge is 0.432 e. The first kappa shape index (κ1) is 12.5. The van der Waals surface area contributed by atoms with Gasteiger partial charge in [-0.25, -0.2) is 4.98 Å². The van der Waals surface area contributed by atoms with E-state index in [1.807, 2.05) is 12.1 Å². The van der Waals surface area contributed by atoms with Crippen molar-refractivity contribution in [1.29, 1.82) is 0 Å². The van der Waals surface area contributed by atoms with Gasteiger partial charge < -0.3 is 19.2 Å². The molecule has 0 aliphatic rings. The summed E-state index contributed by atoms with van der Waals surface area (Å²) in [5, 5.41) is 2.62. The summed E-state index contributed by atoms with van der Waals surface area (Å²) in [6, 6.07) is 7.19. The Bertz CT molecular complexity index is 501.